The zero-order valence-electron chi connectivity index (χ0n) is 34.5. The average molecular weight is 792 g/mol. The van der Waals surface area contributed by atoms with Crippen molar-refractivity contribution >= 4 is 32.6 Å². The molecule has 0 saturated carbocycles. The van der Waals surface area contributed by atoms with E-state index < -0.39 is 0 Å². The van der Waals surface area contributed by atoms with Crippen LogP contribution in [0.3, 0.4) is 0 Å². The Bertz CT molecular complexity index is 3510. The van der Waals surface area contributed by atoms with Gasteiger partial charge in [-0.3, -0.25) is 4.57 Å². The van der Waals surface area contributed by atoms with Crippen molar-refractivity contribution in [2.75, 3.05) is 0 Å². The van der Waals surface area contributed by atoms with Crippen molar-refractivity contribution in [2.45, 2.75) is 19.3 Å². The Morgan fingerprint density at radius 1 is 0.339 bits per heavy atom. The molecule has 292 valence electrons. The molecule has 0 radical (unpaired) electrons. The van der Waals surface area contributed by atoms with E-state index in [9.17, 15) is 0 Å². The molecule has 2 heterocycles. The molecule has 0 unspecified atom stereocenters. The van der Waals surface area contributed by atoms with Crippen LogP contribution in [0.15, 0.2) is 213 Å². The molecule has 12 rings (SSSR count). The quantitative estimate of drug-likeness (QED) is 0.168. The van der Waals surface area contributed by atoms with Crippen LogP contribution in [0.5, 0.6) is 0 Å². The second-order valence-corrected chi connectivity index (χ2v) is 17.1. The van der Waals surface area contributed by atoms with Gasteiger partial charge in [0.1, 0.15) is 0 Å². The molecule has 0 spiro atoms. The SMILES string of the molecule is CC1(C)c2ccccc2-c2ccc(-c3ccc4c(c3)c3cc5ccccc5cc3n4-c3ncc(-c4cc(-c5ccccc5)cc(-c5ccc(-c6ccccc6)cc5)c4)cn3)cc21. The Kier molecular flexibility index (Phi) is 8.20. The maximum atomic E-state index is 5.14. The summed E-state index contributed by atoms with van der Waals surface area (Å²) in [5, 5.41) is 4.75. The van der Waals surface area contributed by atoms with Crippen LogP contribution in [0.1, 0.15) is 25.0 Å². The second-order valence-electron chi connectivity index (χ2n) is 17.1. The Labute approximate surface area is 361 Å². The van der Waals surface area contributed by atoms with E-state index in [1.165, 1.54) is 71.6 Å². The fourth-order valence-corrected chi connectivity index (χ4v) is 9.81. The third-order valence-electron chi connectivity index (χ3n) is 13.1. The molecule has 11 aromatic rings. The molecule has 1 aliphatic carbocycles. The van der Waals surface area contributed by atoms with E-state index in [2.05, 4.69) is 219 Å². The lowest BCUT2D eigenvalue weighted by Crippen LogP contribution is -2.14. The highest BCUT2D eigenvalue weighted by molar-refractivity contribution is 6.14. The van der Waals surface area contributed by atoms with E-state index in [1.54, 1.807) is 0 Å². The van der Waals surface area contributed by atoms with Crippen molar-refractivity contribution in [3.8, 4) is 72.7 Å². The summed E-state index contributed by atoms with van der Waals surface area (Å²) < 4.78 is 2.23. The molecule has 1 aliphatic rings. The van der Waals surface area contributed by atoms with Gasteiger partial charge in [-0.1, -0.05) is 166 Å². The smallest absolute Gasteiger partial charge is 0.234 e. The molecular formula is C59H41N3. The lowest BCUT2D eigenvalue weighted by atomic mass is 9.81. The van der Waals surface area contributed by atoms with E-state index in [0.29, 0.717) is 5.95 Å². The van der Waals surface area contributed by atoms with Crippen molar-refractivity contribution < 1.29 is 0 Å². The van der Waals surface area contributed by atoms with E-state index >= 15 is 0 Å². The highest BCUT2D eigenvalue weighted by Crippen LogP contribution is 2.50. The predicted octanol–water partition coefficient (Wildman–Crippen LogP) is 15.4. The van der Waals surface area contributed by atoms with E-state index in [4.69, 9.17) is 9.97 Å². The first-order chi connectivity index (χ1) is 30.5. The number of fused-ring (bicyclic) bond motifs is 7. The molecule has 0 N–H and O–H groups in total. The molecule has 2 aromatic heterocycles. The predicted molar refractivity (Wildman–Crippen MR) is 259 cm³/mol. The first-order valence-corrected chi connectivity index (χ1v) is 21.4. The fourth-order valence-electron chi connectivity index (χ4n) is 9.81. The van der Waals surface area contributed by atoms with Gasteiger partial charge in [0.2, 0.25) is 5.95 Å². The number of hydrogen-bond donors (Lipinski definition) is 0. The Balaban J connectivity index is 0.964. The zero-order valence-corrected chi connectivity index (χ0v) is 34.5. The number of aromatic nitrogens is 3. The molecule has 0 fully saturated rings. The third kappa shape index (κ3) is 5.89. The average Bonchev–Trinajstić information content (AvgIpc) is 3.77. The van der Waals surface area contributed by atoms with Crippen LogP contribution in [0.4, 0.5) is 0 Å². The number of benzene rings is 9. The summed E-state index contributed by atoms with van der Waals surface area (Å²) in [5.41, 5.74) is 19.0. The van der Waals surface area contributed by atoms with Crippen LogP contribution >= 0.6 is 0 Å². The van der Waals surface area contributed by atoms with Crippen molar-refractivity contribution in [3.05, 3.63) is 224 Å². The maximum Gasteiger partial charge on any atom is 0.234 e. The summed E-state index contributed by atoms with van der Waals surface area (Å²) in [5.74, 6) is 0.643. The van der Waals surface area contributed by atoms with Crippen LogP contribution in [0, 0.1) is 0 Å². The van der Waals surface area contributed by atoms with Gasteiger partial charge in [0.05, 0.1) is 11.0 Å². The summed E-state index contributed by atoms with van der Waals surface area (Å²) in [6.45, 7) is 4.69. The third-order valence-corrected chi connectivity index (χ3v) is 13.1. The van der Waals surface area contributed by atoms with E-state index in [-0.39, 0.29) is 5.41 Å². The van der Waals surface area contributed by atoms with Crippen LogP contribution in [-0.4, -0.2) is 14.5 Å². The topological polar surface area (TPSA) is 30.7 Å². The molecule has 9 aromatic carbocycles. The van der Waals surface area contributed by atoms with Gasteiger partial charge in [-0.25, -0.2) is 9.97 Å². The molecule has 0 atom stereocenters. The molecule has 62 heavy (non-hydrogen) atoms. The Morgan fingerprint density at radius 2 is 0.823 bits per heavy atom. The Morgan fingerprint density at radius 3 is 1.52 bits per heavy atom. The minimum atomic E-state index is -0.0664. The molecule has 3 nitrogen and oxygen atoms in total. The highest BCUT2D eigenvalue weighted by Gasteiger charge is 2.35. The number of nitrogens with zero attached hydrogens (tertiary/aromatic N) is 3. The van der Waals surface area contributed by atoms with Crippen LogP contribution in [-0.2, 0) is 5.41 Å². The standard InChI is InChI=1S/C59H41N3/c1-59(2)54-20-12-11-19-50(54)51-27-25-45(34-55(51)59)44-26-28-56-52(33-44)53-32-42-17-9-10-18-43(42)35-57(53)62(56)58-60-36-49(37-61-58)48-30-46(39-15-7-4-8-16-39)29-47(31-48)41-23-21-40(22-24-41)38-13-5-3-6-14-38/h3-37H,1-2H3. The monoisotopic (exact) mass is 791 g/mol. The zero-order chi connectivity index (χ0) is 41.4. The van der Waals surface area contributed by atoms with E-state index in [0.717, 1.165) is 38.9 Å². The summed E-state index contributed by atoms with van der Waals surface area (Å²) >= 11 is 0. The lowest BCUT2D eigenvalue weighted by molar-refractivity contribution is 0.660. The van der Waals surface area contributed by atoms with Crippen molar-refractivity contribution in [3.63, 3.8) is 0 Å². The van der Waals surface area contributed by atoms with Crippen LogP contribution < -0.4 is 0 Å². The van der Waals surface area contributed by atoms with Gasteiger partial charge in [0.25, 0.3) is 0 Å². The van der Waals surface area contributed by atoms with Gasteiger partial charge in [-0.2, -0.15) is 0 Å². The minimum Gasteiger partial charge on any atom is -0.278 e. The van der Waals surface area contributed by atoms with Crippen LogP contribution in [0.2, 0.25) is 0 Å². The Hall–Kier alpha value is -7.88. The molecule has 0 amide bonds. The number of rotatable bonds is 6. The summed E-state index contributed by atoms with van der Waals surface area (Å²) in [6, 6.07) is 72.7. The summed E-state index contributed by atoms with van der Waals surface area (Å²) in [7, 11) is 0. The van der Waals surface area contributed by atoms with E-state index in [1.807, 2.05) is 12.4 Å². The van der Waals surface area contributed by atoms with Gasteiger partial charge in [-0.15, -0.1) is 0 Å². The maximum absolute atomic E-state index is 5.14. The molecule has 0 bridgehead atoms. The van der Waals surface area contributed by atoms with Gasteiger partial charge in [0, 0.05) is 34.1 Å². The summed E-state index contributed by atoms with van der Waals surface area (Å²) in [6.07, 6.45) is 3.96. The first-order valence-electron chi connectivity index (χ1n) is 21.4. The normalized spacial score (nSPS) is 12.8. The second kappa shape index (κ2) is 14.1. The molecule has 0 saturated heterocycles. The van der Waals surface area contributed by atoms with Crippen LogP contribution in [0.25, 0.3) is 105 Å². The van der Waals surface area contributed by atoms with Gasteiger partial charge < -0.3 is 0 Å². The largest absolute Gasteiger partial charge is 0.278 e. The minimum absolute atomic E-state index is 0.0664. The molecule has 0 aliphatic heterocycles. The first kappa shape index (κ1) is 36.0. The lowest BCUT2D eigenvalue weighted by Gasteiger charge is -2.22. The van der Waals surface area contributed by atoms with Gasteiger partial charge >= 0.3 is 0 Å². The van der Waals surface area contributed by atoms with Crippen molar-refractivity contribution in [2.24, 2.45) is 0 Å². The van der Waals surface area contributed by atoms with Gasteiger partial charge in [-0.05, 0) is 132 Å². The molecule has 3 heteroatoms. The number of hydrogen-bond acceptors (Lipinski definition) is 2. The fraction of sp³-hybridized carbons (Fsp3) is 0.0508. The summed E-state index contributed by atoms with van der Waals surface area (Å²) in [4.78, 5) is 10.3. The molecular weight excluding hydrogens is 751 g/mol. The van der Waals surface area contributed by atoms with Gasteiger partial charge in [0.15, 0.2) is 0 Å². The van der Waals surface area contributed by atoms with Crippen molar-refractivity contribution in [1.29, 1.82) is 0 Å². The highest BCUT2D eigenvalue weighted by atomic mass is 15.1. The van der Waals surface area contributed by atoms with Crippen molar-refractivity contribution in [1.82, 2.24) is 14.5 Å².